The third-order valence-electron chi connectivity index (χ3n) is 4.81. The van der Waals surface area contributed by atoms with Gasteiger partial charge in [0.2, 0.25) is 0 Å². The lowest BCUT2D eigenvalue weighted by Crippen LogP contribution is -2.51. The second-order valence-electron chi connectivity index (χ2n) is 7.92. The smallest absolute Gasteiger partial charge is 0.289 e. The summed E-state index contributed by atoms with van der Waals surface area (Å²) in [6.45, 7) is 11.5. The van der Waals surface area contributed by atoms with Gasteiger partial charge in [0.15, 0.2) is 11.3 Å². The maximum atomic E-state index is 12.7. The summed E-state index contributed by atoms with van der Waals surface area (Å²) in [5, 5.41) is 10.2. The summed E-state index contributed by atoms with van der Waals surface area (Å²) >= 11 is 0. The Bertz CT molecular complexity index is 755. The Balaban J connectivity index is 1.61. The molecule has 0 radical (unpaired) electrons. The number of aliphatic hydroxyl groups excluding tert-OH is 1. The van der Waals surface area contributed by atoms with Crippen molar-refractivity contribution in [1.29, 1.82) is 0 Å². The predicted molar refractivity (Wildman–Crippen MR) is 96.6 cm³/mol. The van der Waals surface area contributed by atoms with Crippen LogP contribution in [0.3, 0.4) is 0 Å². The third kappa shape index (κ3) is 4.02. The molecule has 0 aromatic carbocycles. The Labute approximate surface area is 148 Å². The van der Waals surface area contributed by atoms with Crippen molar-refractivity contribution >= 4 is 17.0 Å². The molecule has 25 heavy (non-hydrogen) atoms. The lowest BCUT2D eigenvalue weighted by molar-refractivity contribution is 0.0132. The van der Waals surface area contributed by atoms with Crippen molar-refractivity contribution in [2.75, 3.05) is 32.7 Å². The molecule has 1 aliphatic rings. The normalized spacial score (nSPS) is 17.9. The number of amides is 1. The number of rotatable bonds is 3. The van der Waals surface area contributed by atoms with Crippen LogP contribution in [0.1, 0.15) is 37.0 Å². The Kier molecular flexibility index (Phi) is 4.84. The average molecular weight is 345 g/mol. The highest BCUT2D eigenvalue weighted by molar-refractivity contribution is 5.95. The van der Waals surface area contributed by atoms with Gasteiger partial charge < -0.3 is 14.4 Å². The molecule has 0 unspecified atom stereocenters. The number of β-amino-alcohol motifs (C(OH)–C–C–N with tert-alkyl or cyclic N) is 1. The highest BCUT2D eigenvalue weighted by atomic mass is 16.3. The molecule has 1 aliphatic heterocycles. The molecule has 2 aromatic heterocycles. The number of nitrogens with zero attached hydrogens (tertiary/aromatic N) is 3. The van der Waals surface area contributed by atoms with Crippen LogP contribution in [0.15, 0.2) is 22.6 Å². The van der Waals surface area contributed by atoms with Crippen LogP contribution in [-0.4, -0.2) is 64.6 Å². The van der Waals surface area contributed by atoms with Crippen LogP contribution in [0.2, 0.25) is 0 Å². The molecule has 0 saturated carbocycles. The van der Waals surface area contributed by atoms with E-state index in [0.29, 0.717) is 31.0 Å². The summed E-state index contributed by atoms with van der Waals surface area (Å²) in [5.74, 6) is 0.253. The Morgan fingerprint density at radius 2 is 1.96 bits per heavy atom. The molecule has 6 nitrogen and oxygen atoms in total. The number of piperazine rings is 1. The molecule has 1 saturated heterocycles. The van der Waals surface area contributed by atoms with Gasteiger partial charge in [-0.15, -0.1) is 0 Å². The first-order valence-electron chi connectivity index (χ1n) is 8.81. The molecule has 1 amide bonds. The second-order valence-corrected chi connectivity index (χ2v) is 7.92. The highest BCUT2D eigenvalue weighted by Gasteiger charge is 2.28. The van der Waals surface area contributed by atoms with E-state index in [9.17, 15) is 9.90 Å². The fraction of sp³-hybridized carbons (Fsp3) is 0.579. The number of aliphatic hydroxyl groups is 1. The SMILES string of the molecule is Cc1ccc2oc(C(=O)N3CCN(C[C@H](O)C(C)(C)C)CC3)cc2n1. The summed E-state index contributed by atoms with van der Waals surface area (Å²) in [5.41, 5.74) is 2.13. The van der Waals surface area contributed by atoms with Crippen molar-refractivity contribution in [3.8, 4) is 0 Å². The van der Waals surface area contributed by atoms with Gasteiger partial charge in [0.1, 0.15) is 5.52 Å². The van der Waals surface area contributed by atoms with E-state index in [1.54, 1.807) is 6.07 Å². The number of hydrogen-bond donors (Lipinski definition) is 1. The van der Waals surface area contributed by atoms with E-state index in [1.807, 2.05) is 44.7 Å². The monoisotopic (exact) mass is 345 g/mol. The molecule has 1 N–H and O–H groups in total. The Morgan fingerprint density at radius 1 is 1.28 bits per heavy atom. The zero-order valence-corrected chi connectivity index (χ0v) is 15.5. The minimum atomic E-state index is -0.376. The van der Waals surface area contributed by atoms with Gasteiger partial charge in [0.05, 0.1) is 6.10 Å². The van der Waals surface area contributed by atoms with Gasteiger partial charge in [0.25, 0.3) is 5.91 Å². The minimum Gasteiger partial charge on any atom is -0.449 e. The van der Waals surface area contributed by atoms with Crippen LogP contribution < -0.4 is 0 Å². The molecule has 3 heterocycles. The van der Waals surface area contributed by atoms with Crippen molar-refractivity contribution in [2.45, 2.75) is 33.8 Å². The summed E-state index contributed by atoms with van der Waals surface area (Å²) in [4.78, 5) is 21.1. The lowest BCUT2D eigenvalue weighted by atomic mass is 9.89. The molecule has 0 bridgehead atoms. The van der Waals surface area contributed by atoms with E-state index in [0.717, 1.165) is 24.3 Å². The summed E-state index contributed by atoms with van der Waals surface area (Å²) in [7, 11) is 0. The standard InChI is InChI=1S/C19H27N3O3/c1-13-5-6-15-14(20-13)11-16(25-15)18(24)22-9-7-21(8-10-22)12-17(23)19(2,3)4/h5-6,11,17,23H,7-10,12H2,1-4H3/t17-/m0/s1. The number of fused-ring (bicyclic) bond motifs is 1. The summed E-state index contributed by atoms with van der Waals surface area (Å²) in [6.07, 6.45) is -0.376. The number of aryl methyl sites for hydroxylation is 1. The minimum absolute atomic E-state index is 0.0910. The number of furan rings is 1. The molecule has 0 aliphatic carbocycles. The van der Waals surface area contributed by atoms with Gasteiger partial charge in [-0.05, 0) is 24.5 Å². The maximum Gasteiger partial charge on any atom is 0.289 e. The number of carbonyl (C=O) groups is 1. The van der Waals surface area contributed by atoms with Gasteiger partial charge in [-0.1, -0.05) is 20.8 Å². The molecular weight excluding hydrogens is 318 g/mol. The second kappa shape index (κ2) is 6.77. The zero-order chi connectivity index (χ0) is 18.2. The molecule has 0 spiro atoms. The third-order valence-corrected chi connectivity index (χ3v) is 4.81. The van der Waals surface area contributed by atoms with Crippen molar-refractivity contribution in [3.05, 3.63) is 29.7 Å². The van der Waals surface area contributed by atoms with E-state index in [4.69, 9.17) is 4.42 Å². The van der Waals surface area contributed by atoms with Crippen molar-refractivity contribution < 1.29 is 14.3 Å². The molecule has 2 aromatic rings. The van der Waals surface area contributed by atoms with E-state index >= 15 is 0 Å². The first kappa shape index (κ1) is 17.9. The zero-order valence-electron chi connectivity index (χ0n) is 15.5. The van der Waals surface area contributed by atoms with E-state index in [2.05, 4.69) is 9.88 Å². The van der Waals surface area contributed by atoms with E-state index in [-0.39, 0.29) is 17.4 Å². The average Bonchev–Trinajstić information content (AvgIpc) is 2.97. The van der Waals surface area contributed by atoms with Crippen LogP contribution >= 0.6 is 0 Å². The highest BCUT2D eigenvalue weighted by Crippen LogP contribution is 2.22. The number of carbonyl (C=O) groups excluding carboxylic acids is 1. The lowest BCUT2D eigenvalue weighted by Gasteiger charge is -2.37. The van der Waals surface area contributed by atoms with Crippen LogP contribution in [-0.2, 0) is 0 Å². The van der Waals surface area contributed by atoms with Gasteiger partial charge in [-0.3, -0.25) is 9.69 Å². The topological polar surface area (TPSA) is 69.8 Å². The Hall–Kier alpha value is -1.92. The summed E-state index contributed by atoms with van der Waals surface area (Å²) < 4.78 is 5.67. The van der Waals surface area contributed by atoms with Crippen LogP contribution in [0.25, 0.3) is 11.1 Å². The fourth-order valence-electron chi connectivity index (χ4n) is 2.94. The van der Waals surface area contributed by atoms with E-state index in [1.165, 1.54) is 0 Å². The van der Waals surface area contributed by atoms with Gasteiger partial charge in [-0.2, -0.15) is 0 Å². The molecule has 6 heteroatoms. The number of aromatic nitrogens is 1. The molecule has 1 fully saturated rings. The molecular formula is C19H27N3O3. The van der Waals surface area contributed by atoms with Gasteiger partial charge >= 0.3 is 0 Å². The van der Waals surface area contributed by atoms with Crippen LogP contribution in [0, 0.1) is 12.3 Å². The molecule has 1 atom stereocenters. The van der Waals surface area contributed by atoms with Crippen LogP contribution in [0.4, 0.5) is 0 Å². The Morgan fingerprint density at radius 3 is 2.60 bits per heavy atom. The largest absolute Gasteiger partial charge is 0.449 e. The maximum absolute atomic E-state index is 12.7. The van der Waals surface area contributed by atoms with Crippen molar-refractivity contribution in [2.24, 2.45) is 5.41 Å². The van der Waals surface area contributed by atoms with Crippen molar-refractivity contribution in [1.82, 2.24) is 14.8 Å². The van der Waals surface area contributed by atoms with Gasteiger partial charge in [0, 0.05) is 44.5 Å². The van der Waals surface area contributed by atoms with Gasteiger partial charge in [-0.25, -0.2) is 4.98 Å². The van der Waals surface area contributed by atoms with Crippen molar-refractivity contribution in [3.63, 3.8) is 0 Å². The van der Waals surface area contributed by atoms with Crippen LogP contribution in [0.5, 0.6) is 0 Å². The number of pyridine rings is 1. The first-order valence-corrected chi connectivity index (χ1v) is 8.81. The predicted octanol–water partition coefficient (Wildman–Crippen LogP) is 2.30. The van der Waals surface area contributed by atoms with E-state index < -0.39 is 0 Å². The summed E-state index contributed by atoms with van der Waals surface area (Å²) in [6, 6.07) is 5.44. The quantitative estimate of drug-likeness (QED) is 0.924. The molecule has 3 rings (SSSR count). The number of hydrogen-bond acceptors (Lipinski definition) is 5. The fourth-order valence-corrected chi connectivity index (χ4v) is 2.94. The molecule has 136 valence electrons. The first-order chi connectivity index (χ1) is 11.7.